The van der Waals surface area contributed by atoms with E-state index in [9.17, 15) is 59.4 Å². The van der Waals surface area contributed by atoms with E-state index in [1.165, 1.54) is 11.9 Å². The lowest BCUT2D eigenvalue weighted by atomic mass is 9.99. The van der Waals surface area contributed by atoms with Gasteiger partial charge in [0.2, 0.25) is 11.8 Å². The summed E-state index contributed by atoms with van der Waals surface area (Å²) in [4.78, 5) is 85.9. The summed E-state index contributed by atoms with van der Waals surface area (Å²) in [6.45, 7) is 32.9. The second-order valence-electron chi connectivity index (χ2n) is 35.0. The molecule has 0 amide bonds. The van der Waals surface area contributed by atoms with Crippen LogP contribution >= 0.6 is 0 Å². The first-order chi connectivity index (χ1) is 64.1. The molecule has 0 radical (unpaired) electrons. The van der Waals surface area contributed by atoms with Crippen molar-refractivity contribution < 1.29 is 82.5 Å². The number of aryl methyl sites for hydroxylation is 3. The Morgan fingerprint density at radius 3 is 1.28 bits per heavy atom. The first kappa shape index (κ1) is 96.3. The van der Waals surface area contributed by atoms with E-state index in [0.717, 1.165) is 141 Å². The number of fused-ring (bicyclic) bond motifs is 6. The number of pyridine rings is 1. The van der Waals surface area contributed by atoms with Crippen molar-refractivity contribution in [2.45, 2.75) is 172 Å². The van der Waals surface area contributed by atoms with E-state index >= 15 is 0 Å². The molecule has 1 aliphatic rings. The molecule has 1 saturated heterocycles. The van der Waals surface area contributed by atoms with E-state index in [-0.39, 0.29) is 52.8 Å². The normalized spacial score (nSPS) is 12.0. The molecule has 1 aliphatic heterocycles. The van der Waals surface area contributed by atoms with Crippen LogP contribution in [0.25, 0.3) is 65.4 Å². The van der Waals surface area contributed by atoms with Crippen molar-refractivity contribution >= 4 is 101 Å². The fraction of sp³-hybridized carbons (Fsp3) is 0.295. The van der Waals surface area contributed by atoms with Gasteiger partial charge in [-0.15, -0.1) is 10.2 Å². The van der Waals surface area contributed by atoms with Crippen molar-refractivity contribution in [3.8, 4) is 11.5 Å². The highest BCUT2D eigenvalue weighted by Crippen LogP contribution is 2.40. The Balaban J connectivity index is 0.000000136. The van der Waals surface area contributed by atoms with Crippen LogP contribution < -0.4 is 9.47 Å². The maximum absolute atomic E-state index is 11.8. The SMILES string of the molecule is CC(C)c1cc(OCc2ccccc2)cc2c1cc(C(=O)O)n2C.CC(C)c1cccc2cc(C(=O)O)n(CC3COC3)c12.CC(C)c1cccc2cc(C(=O)O)n(Cc3cncnc3)c12.COc1ccc(C(C)C)c2c1cc(C(=O)O)n2Cc1cccnc1.Cc1nc(Cn2c(C(=O)O)cc3cccc(C(C)C)c32)co1.Cc1nnc(Cn2c(C(=O)O)cc3cccc(C(C)C)c32)o1. The number of hydrogen-bond acceptors (Lipinski definition) is 17. The summed E-state index contributed by atoms with van der Waals surface area (Å²) in [7, 11) is 3.37. The molecule has 134 heavy (non-hydrogen) atoms. The number of hydrogen-bond donors (Lipinski definition) is 6. The van der Waals surface area contributed by atoms with Gasteiger partial charge in [0, 0.05) is 109 Å². The van der Waals surface area contributed by atoms with Crippen molar-refractivity contribution in [1.29, 1.82) is 0 Å². The zero-order valence-electron chi connectivity index (χ0n) is 77.9. The number of carboxylic acid groups (broad SMARTS) is 6. The van der Waals surface area contributed by atoms with Crippen LogP contribution in [0.2, 0.25) is 0 Å². The monoisotopic (exact) mass is 1810 g/mol. The van der Waals surface area contributed by atoms with Gasteiger partial charge in [-0.25, -0.2) is 43.7 Å². The topological polar surface area (TPSA) is 385 Å². The molecule has 0 saturated carbocycles. The molecule has 11 heterocycles. The summed E-state index contributed by atoms with van der Waals surface area (Å²) in [5, 5.41) is 70.4. The van der Waals surface area contributed by atoms with Gasteiger partial charge in [0.1, 0.15) is 71.4 Å². The van der Waals surface area contributed by atoms with Crippen molar-refractivity contribution in [3.05, 3.63) is 321 Å². The van der Waals surface area contributed by atoms with Crippen LogP contribution in [0.4, 0.5) is 0 Å². The van der Waals surface area contributed by atoms with Crippen LogP contribution in [0.5, 0.6) is 11.5 Å². The van der Waals surface area contributed by atoms with Crippen molar-refractivity contribution in [1.82, 2.24) is 57.5 Å². The molecule has 18 rings (SSSR count). The number of para-hydroxylation sites is 4. The van der Waals surface area contributed by atoms with Gasteiger partial charge in [-0.3, -0.25) is 4.98 Å². The van der Waals surface area contributed by atoms with Crippen LogP contribution in [0, 0.1) is 19.8 Å². The average molecular weight is 1810 g/mol. The molecular weight excluding hydrogens is 1700 g/mol. The third-order valence-electron chi connectivity index (χ3n) is 23.6. The predicted molar refractivity (Wildman–Crippen MR) is 513 cm³/mol. The molecule has 29 nitrogen and oxygen atoms in total. The van der Waals surface area contributed by atoms with Crippen molar-refractivity contribution in [2.24, 2.45) is 13.0 Å². The molecule has 1 fully saturated rings. The zero-order valence-corrected chi connectivity index (χ0v) is 77.9. The third-order valence-corrected chi connectivity index (χ3v) is 23.6. The minimum absolute atomic E-state index is 0.221. The Bertz CT molecular complexity index is 6950. The standard InChI is InChI=1S/C20H21NO3.C19H20N2O3.C17H17N3O2.C17H18N2O3.C16H17N3O3.C16H19NO3/c1-13(2)16-9-15(24-12-14-7-5-4-6-8-14)10-18-17(16)11-19(20(22)23)21(18)3;1-12(2)14-6-7-17(24-3)15-9-16(19(22)23)21(18(14)15)11-13-5-4-8-20-10-13;1-11(2)14-5-3-4-13-6-15(17(21)22)20(16(13)14)9-12-7-18-10-19-8-12;1-10(2)14-6-4-5-12-7-15(17(20)21)19(16(12)14)8-13-9-22-11(3)18-13;1-9(2)12-6-4-5-11-7-13(16(20)21)19(15(11)12)8-14-18-17-10(3)22-14;1-10(2)13-5-3-4-12-6-14(16(18)19)17(15(12)13)7-11-8-20-9-11/h4-11,13H,12H2,1-3H3,(H,22,23);4-10,12H,11H2,1-3H3,(H,22,23);3-8,10-11H,9H2,1-2H3,(H,21,22);4-7,9-10H,8H2,1-3H3,(H,20,21);4-7,9H,8H2,1-3H3,(H,20,21);3-6,10-11H,7-9H2,1-2H3,(H,18,19). The van der Waals surface area contributed by atoms with Crippen LogP contribution in [0.3, 0.4) is 0 Å². The molecule has 7 aromatic carbocycles. The number of carboxylic acids is 6. The summed E-state index contributed by atoms with van der Waals surface area (Å²) in [6, 6.07) is 55.9. The zero-order chi connectivity index (χ0) is 96.2. The van der Waals surface area contributed by atoms with Gasteiger partial charge in [0.25, 0.3) is 0 Å². The Morgan fingerprint density at radius 2 is 0.851 bits per heavy atom. The van der Waals surface area contributed by atoms with E-state index in [0.29, 0.717) is 79.0 Å². The van der Waals surface area contributed by atoms with Gasteiger partial charge in [-0.05, 0) is 135 Å². The van der Waals surface area contributed by atoms with Gasteiger partial charge in [-0.2, -0.15) is 0 Å². The quantitative estimate of drug-likeness (QED) is 0.0293. The molecule has 0 unspecified atom stereocenters. The second-order valence-corrected chi connectivity index (χ2v) is 35.0. The number of carbonyl (C=O) groups is 6. The minimum atomic E-state index is -0.970. The minimum Gasteiger partial charge on any atom is -0.496 e. The first-order valence-corrected chi connectivity index (χ1v) is 44.4. The summed E-state index contributed by atoms with van der Waals surface area (Å²) in [5.74, 6) is -0.470. The molecule has 10 aromatic heterocycles. The van der Waals surface area contributed by atoms with Gasteiger partial charge in [0.15, 0.2) is 5.89 Å². The van der Waals surface area contributed by atoms with Crippen molar-refractivity contribution in [3.63, 3.8) is 0 Å². The first-order valence-electron chi connectivity index (χ1n) is 44.4. The smallest absolute Gasteiger partial charge is 0.352 e. The predicted octanol–water partition coefficient (Wildman–Crippen LogP) is 21.9. The maximum Gasteiger partial charge on any atom is 0.352 e. The second kappa shape index (κ2) is 42.3. The van der Waals surface area contributed by atoms with Crippen LogP contribution in [-0.2, 0) is 51.1 Å². The number of methoxy groups -OCH3 is 1. The van der Waals surface area contributed by atoms with E-state index in [4.69, 9.17) is 23.0 Å². The maximum atomic E-state index is 11.8. The van der Waals surface area contributed by atoms with Gasteiger partial charge in [0.05, 0.1) is 72.2 Å². The van der Waals surface area contributed by atoms with Gasteiger partial charge in [-0.1, -0.05) is 198 Å². The molecule has 17 aromatic rings. The molecule has 694 valence electrons. The summed E-state index contributed by atoms with van der Waals surface area (Å²) >= 11 is 0. The molecule has 0 aliphatic carbocycles. The third kappa shape index (κ3) is 21.7. The molecule has 0 atom stereocenters. The van der Waals surface area contributed by atoms with Crippen molar-refractivity contribution in [2.75, 3.05) is 20.3 Å². The number of oxazole rings is 1. The number of aromatic carboxylic acids is 6. The largest absolute Gasteiger partial charge is 0.496 e. The highest BCUT2D eigenvalue weighted by atomic mass is 16.5. The lowest BCUT2D eigenvalue weighted by Crippen LogP contribution is -2.32. The van der Waals surface area contributed by atoms with E-state index in [2.05, 4.69) is 125 Å². The fourth-order valence-electron chi connectivity index (χ4n) is 17.1. The Hall–Kier alpha value is -15.3. The molecule has 6 N–H and O–H groups in total. The lowest BCUT2D eigenvalue weighted by molar-refractivity contribution is -0.0392. The van der Waals surface area contributed by atoms with E-state index < -0.39 is 35.8 Å². The van der Waals surface area contributed by atoms with E-state index in [1.807, 2.05) is 146 Å². The van der Waals surface area contributed by atoms with Crippen LogP contribution in [-0.4, -0.2) is 144 Å². The Morgan fingerprint density at radius 1 is 0.418 bits per heavy atom. The van der Waals surface area contributed by atoms with Gasteiger partial charge >= 0.3 is 35.8 Å². The fourth-order valence-corrected chi connectivity index (χ4v) is 17.1. The number of nitrogens with zero attached hydrogens (tertiary/aromatic N) is 12. The number of ether oxygens (including phenoxy) is 3. The Labute approximate surface area is 774 Å². The number of aromatic nitrogens is 12. The Kier molecular flexibility index (Phi) is 30.4. The number of rotatable bonds is 26. The van der Waals surface area contributed by atoms with E-state index in [1.54, 1.807) is 105 Å². The summed E-state index contributed by atoms with van der Waals surface area (Å²) < 4.78 is 38.1. The molecule has 29 heteroatoms. The number of benzene rings is 7. The highest BCUT2D eigenvalue weighted by Gasteiger charge is 2.29. The van der Waals surface area contributed by atoms with Gasteiger partial charge < -0.3 is 81.1 Å². The van der Waals surface area contributed by atoms with Crippen LogP contribution in [0.1, 0.15) is 255 Å². The summed E-state index contributed by atoms with van der Waals surface area (Å²) in [5.41, 5.74) is 17.8. The average Bonchev–Trinajstić information content (AvgIpc) is 1.62. The molecule has 0 spiro atoms. The molecular formula is C105H112N12O17. The lowest BCUT2D eigenvalue weighted by Gasteiger charge is -2.27. The summed E-state index contributed by atoms with van der Waals surface area (Å²) in [6.07, 6.45) is 9.93. The molecule has 0 bridgehead atoms. The van der Waals surface area contributed by atoms with Crippen LogP contribution in [0.15, 0.2) is 222 Å². The highest BCUT2D eigenvalue weighted by molar-refractivity contribution is 6.02.